The third-order valence-corrected chi connectivity index (χ3v) is 5.89. The van der Waals surface area contributed by atoms with E-state index in [0.717, 1.165) is 21.3 Å². The van der Waals surface area contributed by atoms with Gasteiger partial charge in [-0.2, -0.15) is 0 Å². The predicted molar refractivity (Wildman–Crippen MR) is 128 cm³/mol. The van der Waals surface area contributed by atoms with E-state index >= 15 is 0 Å². The molecule has 0 amide bonds. The Morgan fingerprint density at radius 2 is 1.67 bits per heavy atom. The largest absolute Gasteiger partial charge is 0.493 e. The molecule has 0 saturated carbocycles. The minimum atomic E-state index is 0.438. The molecule has 0 aliphatic heterocycles. The number of fused-ring (bicyclic) bond motifs is 1. The molecule has 0 aliphatic rings. The summed E-state index contributed by atoms with van der Waals surface area (Å²) in [5, 5.41) is 6.66. The Morgan fingerprint density at radius 1 is 0.900 bits per heavy atom. The molecule has 4 aromatic carbocycles. The summed E-state index contributed by atoms with van der Waals surface area (Å²) in [6, 6.07) is 26.2. The maximum absolute atomic E-state index is 5.99. The van der Waals surface area contributed by atoms with Crippen LogP contribution in [0, 0.1) is 0 Å². The quantitative estimate of drug-likeness (QED) is 0.296. The topological polar surface area (TPSA) is 30.5 Å². The van der Waals surface area contributed by atoms with E-state index in [1.807, 2.05) is 36.4 Å². The third-order valence-electron chi connectivity index (χ3n) is 4.90. The molecule has 0 heterocycles. The zero-order valence-electron chi connectivity index (χ0n) is 16.5. The van der Waals surface area contributed by atoms with Gasteiger partial charge in [-0.05, 0) is 46.8 Å². The second kappa shape index (κ2) is 9.41. The fourth-order valence-electron chi connectivity index (χ4n) is 3.30. The van der Waals surface area contributed by atoms with E-state index < -0.39 is 0 Å². The van der Waals surface area contributed by atoms with Gasteiger partial charge in [-0.3, -0.25) is 0 Å². The lowest BCUT2D eigenvalue weighted by atomic mass is 10.1. The highest BCUT2D eigenvalue weighted by molar-refractivity contribution is 9.10. The van der Waals surface area contributed by atoms with Gasteiger partial charge in [0.25, 0.3) is 0 Å². The van der Waals surface area contributed by atoms with Crippen LogP contribution in [0.4, 0.5) is 5.69 Å². The first-order chi connectivity index (χ1) is 14.6. The van der Waals surface area contributed by atoms with E-state index in [9.17, 15) is 0 Å². The monoisotopic (exact) mass is 481 g/mol. The van der Waals surface area contributed by atoms with Crippen molar-refractivity contribution in [1.82, 2.24) is 0 Å². The number of halogens is 2. The number of rotatable bonds is 7. The number of hydrogen-bond acceptors (Lipinski definition) is 3. The maximum Gasteiger partial charge on any atom is 0.162 e. The molecule has 152 valence electrons. The van der Waals surface area contributed by atoms with E-state index in [2.05, 4.69) is 63.7 Å². The molecule has 0 saturated heterocycles. The minimum Gasteiger partial charge on any atom is -0.493 e. The molecule has 5 heteroatoms. The average molecular weight is 483 g/mol. The number of methoxy groups -OCH3 is 1. The van der Waals surface area contributed by atoms with Gasteiger partial charge in [0.15, 0.2) is 11.5 Å². The van der Waals surface area contributed by atoms with Crippen LogP contribution in [0.15, 0.2) is 83.3 Å². The number of hydrogen-bond donors (Lipinski definition) is 1. The van der Waals surface area contributed by atoms with Gasteiger partial charge >= 0.3 is 0 Å². The fourth-order valence-corrected chi connectivity index (χ4v) is 3.89. The second-order valence-electron chi connectivity index (χ2n) is 6.89. The van der Waals surface area contributed by atoms with E-state index in [1.165, 1.54) is 10.8 Å². The summed E-state index contributed by atoms with van der Waals surface area (Å²) in [6.45, 7) is 1.09. The molecule has 3 nitrogen and oxygen atoms in total. The number of ether oxygens (including phenoxy) is 2. The van der Waals surface area contributed by atoms with Crippen molar-refractivity contribution < 1.29 is 9.47 Å². The Balaban J connectivity index is 1.50. The smallest absolute Gasteiger partial charge is 0.162 e. The molecule has 30 heavy (non-hydrogen) atoms. The van der Waals surface area contributed by atoms with E-state index in [0.29, 0.717) is 29.7 Å². The fraction of sp³-hybridized carbons (Fsp3) is 0.120. The maximum atomic E-state index is 5.99. The molecule has 0 spiro atoms. The van der Waals surface area contributed by atoms with Crippen LogP contribution in [0.1, 0.15) is 11.1 Å². The number of anilines is 1. The highest BCUT2D eigenvalue weighted by Gasteiger charge is 2.11. The molecule has 0 atom stereocenters. The molecule has 4 rings (SSSR count). The predicted octanol–water partition coefficient (Wildman–Crippen LogP) is 7.46. The van der Waals surface area contributed by atoms with Crippen LogP contribution in [-0.4, -0.2) is 7.11 Å². The lowest BCUT2D eigenvalue weighted by Crippen LogP contribution is -2.03. The lowest BCUT2D eigenvalue weighted by molar-refractivity contribution is 0.284. The molecule has 4 aromatic rings. The van der Waals surface area contributed by atoms with Gasteiger partial charge < -0.3 is 14.8 Å². The highest BCUT2D eigenvalue weighted by Crippen LogP contribution is 2.35. The van der Waals surface area contributed by atoms with Crippen LogP contribution in [0.3, 0.4) is 0 Å². The van der Waals surface area contributed by atoms with Gasteiger partial charge in [0, 0.05) is 27.1 Å². The van der Waals surface area contributed by atoms with Crippen molar-refractivity contribution in [3.63, 3.8) is 0 Å². The van der Waals surface area contributed by atoms with Gasteiger partial charge in [-0.15, -0.1) is 0 Å². The molecular formula is C25H21BrClNO2. The van der Waals surface area contributed by atoms with Crippen LogP contribution in [0.2, 0.25) is 5.02 Å². The molecule has 0 fully saturated rings. The summed E-state index contributed by atoms with van der Waals surface area (Å²) in [6.07, 6.45) is 0. The summed E-state index contributed by atoms with van der Waals surface area (Å²) in [5.74, 6) is 1.38. The lowest BCUT2D eigenvalue weighted by Gasteiger charge is -2.15. The van der Waals surface area contributed by atoms with Crippen molar-refractivity contribution in [2.45, 2.75) is 13.2 Å². The number of benzene rings is 4. The standard InChI is InChI=1S/C25H21BrClNO2/c1-29-24-13-19(15-28-23-8-4-6-18-5-2-3-7-21(18)23)22(26)14-25(24)30-16-17-9-11-20(27)12-10-17/h2-14,28H,15-16H2,1H3. The van der Waals surface area contributed by atoms with Gasteiger partial charge in [-0.25, -0.2) is 0 Å². The van der Waals surface area contributed by atoms with Crippen molar-refractivity contribution in [3.05, 3.63) is 99.5 Å². The van der Waals surface area contributed by atoms with Crippen LogP contribution in [0.25, 0.3) is 10.8 Å². The number of nitrogens with one attached hydrogen (secondary N) is 1. The Bertz CT molecular complexity index is 1160. The summed E-state index contributed by atoms with van der Waals surface area (Å²) < 4.78 is 12.5. The van der Waals surface area contributed by atoms with Gasteiger partial charge in [0.1, 0.15) is 6.61 Å². The van der Waals surface area contributed by atoms with Gasteiger partial charge in [0.05, 0.1) is 7.11 Å². The Hall–Kier alpha value is -2.69. The Labute approximate surface area is 189 Å². The Kier molecular flexibility index (Phi) is 6.46. The molecule has 0 bridgehead atoms. The second-order valence-corrected chi connectivity index (χ2v) is 8.18. The molecule has 0 unspecified atom stereocenters. The molecule has 0 aromatic heterocycles. The molecule has 1 N–H and O–H groups in total. The van der Waals surface area contributed by atoms with Crippen molar-refractivity contribution >= 4 is 44.0 Å². The third kappa shape index (κ3) is 4.72. The van der Waals surface area contributed by atoms with Crippen molar-refractivity contribution in [2.24, 2.45) is 0 Å². The van der Waals surface area contributed by atoms with Crippen LogP contribution in [0.5, 0.6) is 11.5 Å². The average Bonchev–Trinajstić information content (AvgIpc) is 2.78. The van der Waals surface area contributed by atoms with Crippen molar-refractivity contribution in [1.29, 1.82) is 0 Å². The first-order valence-corrected chi connectivity index (χ1v) is 10.8. The molecular weight excluding hydrogens is 462 g/mol. The Morgan fingerprint density at radius 3 is 2.47 bits per heavy atom. The van der Waals surface area contributed by atoms with Crippen LogP contribution < -0.4 is 14.8 Å². The summed E-state index contributed by atoms with van der Waals surface area (Å²) in [4.78, 5) is 0. The minimum absolute atomic E-state index is 0.438. The van der Waals surface area contributed by atoms with E-state index in [1.54, 1.807) is 7.11 Å². The van der Waals surface area contributed by atoms with Gasteiger partial charge in [0.2, 0.25) is 0 Å². The zero-order valence-corrected chi connectivity index (χ0v) is 18.8. The summed E-state index contributed by atoms with van der Waals surface area (Å²) >= 11 is 9.62. The van der Waals surface area contributed by atoms with E-state index in [4.69, 9.17) is 21.1 Å². The molecule has 0 radical (unpaired) electrons. The van der Waals surface area contributed by atoms with Gasteiger partial charge in [-0.1, -0.05) is 76.1 Å². The first-order valence-electron chi connectivity index (χ1n) is 9.59. The summed E-state index contributed by atoms with van der Waals surface area (Å²) in [5.41, 5.74) is 3.22. The van der Waals surface area contributed by atoms with E-state index in [-0.39, 0.29) is 0 Å². The molecule has 0 aliphatic carbocycles. The van der Waals surface area contributed by atoms with Crippen molar-refractivity contribution in [2.75, 3.05) is 12.4 Å². The summed E-state index contributed by atoms with van der Waals surface area (Å²) in [7, 11) is 1.65. The van der Waals surface area contributed by atoms with Crippen molar-refractivity contribution in [3.8, 4) is 11.5 Å². The normalized spacial score (nSPS) is 10.8. The highest BCUT2D eigenvalue weighted by atomic mass is 79.9. The zero-order chi connectivity index (χ0) is 20.9. The first kappa shape index (κ1) is 20.6. The van der Waals surface area contributed by atoms with Crippen LogP contribution in [-0.2, 0) is 13.2 Å². The SMILES string of the molecule is COc1cc(CNc2cccc3ccccc23)c(Br)cc1OCc1ccc(Cl)cc1. The van der Waals surface area contributed by atoms with Crippen LogP contribution >= 0.6 is 27.5 Å².